The third-order valence-electron chi connectivity index (χ3n) is 10.6. The first-order chi connectivity index (χ1) is 26.3. The lowest BCUT2D eigenvalue weighted by Crippen LogP contribution is -2.04. The van der Waals surface area contributed by atoms with Gasteiger partial charge in [-0.3, -0.25) is 0 Å². The average Bonchev–Trinajstić information content (AvgIpc) is 3.55. The molecule has 0 atom stereocenters. The molecule has 0 spiro atoms. The summed E-state index contributed by atoms with van der Waals surface area (Å²) in [6.45, 7) is 0. The first kappa shape index (κ1) is 29.5. The molecule has 2 aromatic heterocycles. The van der Waals surface area contributed by atoms with Crippen molar-refractivity contribution < 1.29 is 0 Å². The van der Waals surface area contributed by atoms with Gasteiger partial charge in [0.15, 0.2) is 17.5 Å². The smallest absolute Gasteiger partial charge is 0.166 e. The maximum atomic E-state index is 5.38. The minimum atomic E-state index is 0.623. The van der Waals surface area contributed by atoms with Crippen LogP contribution < -0.4 is 0 Å². The maximum Gasteiger partial charge on any atom is 0.166 e. The number of rotatable bonds is 4. The first-order valence-corrected chi connectivity index (χ1v) is 18.0. The van der Waals surface area contributed by atoms with Crippen LogP contribution in [0.3, 0.4) is 0 Å². The summed E-state index contributed by atoms with van der Waals surface area (Å²) in [5.74, 6) is 1.90. The minimum absolute atomic E-state index is 0.623. The Bertz CT molecular complexity index is 3230. The van der Waals surface area contributed by atoms with Gasteiger partial charge < -0.3 is 4.57 Å². The monoisotopic (exact) mass is 674 g/mol. The fraction of sp³-hybridized carbons (Fsp3) is 0. The van der Waals surface area contributed by atoms with Crippen molar-refractivity contribution >= 4 is 64.9 Å². The predicted octanol–water partition coefficient (Wildman–Crippen LogP) is 12.6. The molecular weight excluding hydrogens is 645 g/mol. The van der Waals surface area contributed by atoms with Crippen LogP contribution >= 0.6 is 0 Å². The number of para-hydroxylation sites is 2. The Morgan fingerprint density at radius 3 is 1.72 bits per heavy atom. The summed E-state index contributed by atoms with van der Waals surface area (Å²) in [6, 6.07) is 64.5. The van der Waals surface area contributed by atoms with Crippen LogP contribution in [0.25, 0.3) is 105 Å². The lowest BCUT2D eigenvalue weighted by molar-refractivity contribution is 1.07. The van der Waals surface area contributed by atoms with Gasteiger partial charge in [-0.1, -0.05) is 146 Å². The molecule has 4 heteroatoms. The van der Waals surface area contributed by atoms with E-state index in [4.69, 9.17) is 15.0 Å². The number of fused-ring (bicyclic) bond motifs is 9. The molecule has 246 valence electrons. The van der Waals surface area contributed by atoms with Gasteiger partial charge in [-0.25, -0.2) is 15.0 Å². The van der Waals surface area contributed by atoms with Crippen molar-refractivity contribution in [3.63, 3.8) is 0 Å². The highest BCUT2D eigenvalue weighted by Gasteiger charge is 2.21. The van der Waals surface area contributed by atoms with Crippen molar-refractivity contribution in [2.24, 2.45) is 0 Å². The zero-order chi connectivity index (χ0) is 34.9. The highest BCUT2D eigenvalue weighted by atomic mass is 15.1. The van der Waals surface area contributed by atoms with Gasteiger partial charge in [-0.15, -0.1) is 0 Å². The van der Waals surface area contributed by atoms with E-state index in [-0.39, 0.29) is 0 Å². The molecule has 0 saturated carbocycles. The van der Waals surface area contributed by atoms with Gasteiger partial charge in [-0.2, -0.15) is 0 Å². The quantitative estimate of drug-likeness (QED) is 0.175. The van der Waals surface area contributed by atoms with Crippen LogP contribution in [0, 0.1) is 0 Å². The number of benzene rings is 9. The van der Waals surface area contributed by atoms with Crippen LogP contribution in [-0.4, -0.2) is 19.5 Å². The number of aromatic nitrogens is 4. The van der Waals surface area contributed by atoms with Gasteiger partial charge in [0.25, 0.3) is 0 Å². The molecule has 0 bridgehead atoms. The normalized spacial score (nSPS) is 11.8. The number of nitrogens with zero attached hydrogens (tertiary/aromatic N) is 4. The summed E-state index contributed by atoms with van der Waals surface area (Å²) in [5.41, 5.74) is 6.14. The number of hydrogen-bond donors (Lipinski definition) is 0. The predicted molar refractivity (Wildman–Crippen MR) is 220 cm³/mol. The third kappa shape index (κ3) is 4.66. The number of hydrogen-bond acceptors (Lipinski definition) is 3. The van der Waals surface area contributed by atoms with E-state index in [2.05, 4.69) is 168 Å². The summed E-state index contributed by atoms with van der Waals surface area (Å²) in [5, 5.41) is 11.9. The fourth-order valence-electron chi connectivity index (χ4n) is 8.15. The molecule has 4 nitrogen and oxygen atoms in total. The summed E-state index contributed by atoms with van der Waals surface area (Å²) in [6.07, 6.45) is 0. The highest BCUT2D eigenvalue weighted by Crippen LogP contribution is 2.40. The minimum Gasteiger partial charge on any atom is -0.308 e. The van der Waals surface area contributed by atoms with Crippen LogP contribution in [0.15, 0.2) is 182 Å². The van der Waals surface area contributed by atoms with Crippen LogP contribution in [0.2, 0.25) is 0 Å². The Balaban J connectivity index is 1.22. The lowest BCUT2D eigenvalue weighted by atomic mass is 9.93. The van der Waals surface area contributed by atoms with E-state index in [0.29, 0.717) is 17.5 Å². The highest BCUT2D eigenvalue weighted by molar-refractivity contribution is 6.20. The van der Waals surface area contributed by atoms with E-state index in [1.54, 1.807) is 0 Å². The van der Waals surface area contributed by atoms with Gasteiger partial charge in [0, 0.05) is 27.5 Å². The Labute approximate surface area is 305 Å². The Kier molecular flexibility index (Phi) is 6.52. The van der Waals surface area contributed by atoms with Crippen molar-refractivity contribution in [2.45, 2.75) is 0 Å². The molecule has 0 aliphatic carbocycles. The van der Waals surface area contributed by atoms with Gasteiger partial charge in [0.05, 0.1) is 16.7 Å². The van der Waals surface area contributed by atoms with Gasteiger partial charge in [-0.05, 0) is 79.5 Å². The zero-order valence-electron chi connectivity index (χ0n) is 28.6. The molecule has 0 radical (unpaired) electrons. The molecule has 11 rings (SSSR count). The van der Waals surface area contributed by atoms with Crippen molar-refractivity contribution in [1.82, 2.24) is 19.5 Å². The third-order valence-corrected chi connectivity index (χ3v) is 10.6. The van der Waals surface area contributed by atoms with Gasteiger partial charge >= 0.3 is 0 Å². The van der Waals surface area contributed by atoms with E-state index in [9.17, 15) is 0 Å². The molecular formula is C49H30N4. The second-order valence-corrected chi connectivity index (χ2v) is 13.6. The maximum absolute atomic E-state index is 5.38. The van der Waals surface area contributed by atoms with Crippen molar-refractivity contribution in [2.75, 3.05) is 0 Å². The SMILES string of the molecule is c1ccc(-c2nc(-c3ccccc3-n3c4ccccc4c4cc5ccccc5cc43)nc(-c3cc4c5ccccc5ccc4c4ccccc34)n2)cc1. The molecule has 0 aliphatic rings. The standard InChI is InChI=1S/C49H30N4/c1-2-15-32(16-3-1)47-50-48(52-49(51-47)43-30-41-35-19-7-6-14-31(35)26-27-38(41)36-20-8-9-21-37(36)43)40-23-11-13-25-45(40)53-44-24-12-10-22-39(44)42-28-33-17-4-5-18-34(33)29-46(42)53/h1-30H. The molecule has 0 fully saturated rings. The first-order valence-electron chi connectivity index (χ1n) is 18.0. The molecule has 0 unspecified atom stereocenters. The van der Waals surface area contributed by atoms with Gasteiger partial charge in [0.2, 0.25) is 0 Å². The second kappa shape index (κ2) is 11.7. The summed E-state index contributed by atoms with van der Waals surface area (Å²) in [7, 11) is 0. The van der Waals surface area contributed by atoms with E-state index < -0.39 is 0 Å². The van der Waals surface area contributed by atoms with E-state index in [1.165, 1.54) is 48.5 Å². The van der Waals surface area contributed by atoms with Crippen molar-refractivity contribution in [1.29, 1.82) is 0 Å². The fourth-order valence-corrected chi connectivity index (χ4v) is 8.15. The molecule has 0 N–H and O–H groups in total. The summed E-state index contributed by atoms with van der Waals surface area (Å²) in [4.78, 5) is 15.9. The summed E-state index contributed by atoms with van der Waals surface area (Å²) < 4.78 is 2.37. The van der Waals surface area contributed by atoms with Crippen LogP contribution in [0.4, 0.5) is 0 Å². The largest absolute Gasteiger partial charge is 0.308 e. The topological polar surface area (TPSA) is 43.6 Å². The second-order valence-electron chi connectivity index (χ2n) is 13.6. The van der Waals surface area contributed by atoms with Crippen LogP contribution in [0.1, 0.15) is 0 Å². The molecule has 11 aromatic rings. The van der Waals surface area contributed by atoms with E-state index in [0.717, 1.165) is 38.8 Å². The zero-order valence-corrected chi connectivity index (χ0v) is 28.6. The van der Waals surface area contributed by atoms with Crippen molar-refractivity contribution in [3.05, 3.63) is 182 Å². The molecule has 9 aromatic carbocycles. The Morgan fingerprint density at radius 1 is 0.302 bits per heavy atom. The molecule has 0 aliphatic heterocycles. The molecule has 2 heterocycles. The van der Waals surface area contributed by atoms with E-state index in [1.807, 2.05) is 18.2 Å². The Morgan fingerprint density at radius 2 is 0.887 bits per heavy atom. The Hall–Kier alpha value is -7.17. The van der Waals surface area contributed by atoms with Gasteiger partial charge in [0.1, 0.15) is 0 Å². The molecule has 53 heavy (non-hydrogen) atoms. The average molecular weight is 675 g/mol. The lowest BCUT2D eigenvalue weighted by Gasteiger charge is -2.16. The van der Waals surface area contributed by atoms with Crippen LogP contribution in [-0.2, 0) is 0 Å². The summed E-state index contributed by atoms with van der Waals surface area (Å²) >= 11 is 0. The van der Waals surface area contributed by atoms with Crippen molar-refractivity contribution in [3.8, 4) is 39.9 Å². The molecule has 0 saturated heterocycles. The van der Waals surface area contributed by atoms with Crippen LogP contribution in [0.5, 0.6) is 0 Å². The van der Waals surface area contributed by atoms with E-state index >= 15 is 0 Å². The molecule has 0 amide bonds.